The first-order valence-corrected chi connectivity index (χ1v) is 10.3. The van der Waals surface area contributed by atoms with Crippen molar-refractivity contribution < 1.29 is 19.4 Å². The van der Waals surface area contributed by atoms with Gasteiger partial charge in [0.15, 0.2) is 0 Å². The number of carbonyl (C=O) groups excluding carboxylic acids is 2. The van der Waals surface area contributed by atoms with Crippen molar-refractivity contribution in [3.8, 4) is 17.0 Å². The first-order chi connectivity index (χ1) is 15.5. The van der Waals surface area contributed by atoms with Crippen molar-refractivity contribution in [1.82, 2.24) is 20.2 Å². The third-order valence-electron chi connectivity index (χ3n) is 5.26. The average Bonchev–Trinajstić information content (AvgIpc) is 3.12. The zero-order valence-corrected chi connectivity index (χ0v) is 18.0. The number of ether oxygens (including phenoxy) is 1. The van der Waals surface area contributed by atoms with Crippen LogP contribution in [-0.2, 0) is 11.3 Å². The molecule has 1 aromatic heterocycles. The lowest BCUT2D eigenvalue weighted by molar-refractivity contribution is -0.122. The Morgan fingerprint density at radius 1 is 1.28 bits per heavy atom. The number of hydrogen-bond donors (Lipinski definition) is 2. The van der Waals surface area contributed by atoms with Crippen molar-refractivity contribution >= 4 is 23.4 Å². The molecule has 2 N–H and O–H groups in total. The quantitative estimate of drug-likeness (QED) is 0.534. The van der Waals surface area contributed by atoms with E-state index >= 15 is 0 Å². The number of nitrogens with one attached hydrogen (secondary N) is 1. The third kappa shape index (κ3) is 4.56. The van der Waals surface area contributed by atoms with Crippen LogP contribution in [0.4, 0.5) is 0 Å². The van der Waals surface area contributed by atoms with Gasteiger partial charge in [-0.05, 0) is 47.0 Å². The molecule has 0 fully saturated rings. The van der Waals surface area contributed by atoms with Gasteiger partial charge in [0.05, 0.1) is 25.5 Å². The number of hydrogen-bond acceptors (Lipinski definition) is 6. The summed E-state index contributed by atoms with van der Waals surface area (Å²) < 4.78 is 5.20. The number of amides is 2. The molecule has 0 aliphatic carbocycles. The summed E-state index contributed by atoms with van der Waals surface area (Å²) in [7, 11) is 1.55. The summed E-state index contributed by atoms with van der Waals surface area (Å²) in [4.78, 5) is 35.1. The van der Waals surface area contributed by atoms with Crippen molar-refractivity contribution in [1.29, 1.82) is 0 Å². The summed E-state index contributed by atoms with van der Waals surface area (Å²) >= 11 is 5.87. The van der Waals surface area contributed by atoms with Crippen molar-refractivity contribution in [2.75, 3.05) is 20.3 Å². The number of benzene rings is 2. The normalized spacial score (nSPS) is 13.6. The van der Waals surface area contributed by atoms with Crippen LogP contribution in [0.15, 0.2) is 54.7 Å². The maximum atomic E-state index is 12.9. The Labute approximate surface area is 189 Å². The topological polar surface area (TPSA) is 105 Å². The smallest absolute Gasteiger partial charge is 0.254 e. The van der Waals surface area contributed by atoms with E-state index in [-0.39, 0.29) is 30.2 Å². The van der Waals surface area contributed by atoms with Crippen LogP contribution in [0.1, 0.15) is 27.5 Å². The second kappa shape index (κ2) is 9.33. The zero-order valence-electron chi connectivity index (χ0n) is 17.3. The molecule has 0 saturated carbocycles. The number of aliphatic hydroxyl groups excluding tert-OH is 1. The maximum absolute atomic E-state index is 12.9. The minimum absolute atomic E-state index is 0.122. The van der Waals surface area contributed by atoms with Crippen LogP contribution in [0.5, 0.6) is 5.75 Å². The van der Waals surface area contributed by atoms with E-state index < -0.39 is 6.04 Å². The highest BCUT2D eigenvalue weighted by molar-refractivity contribution is 6.28. The standard InChI is InChI=1S/C23H21ClN4O4/c1-32-17-4-2-3-14(9-17)20(13-29)26-21(30)12-28-11-16-6-5-15(10-18(16)22(28)31)19-7-8-25-23(24)27-19/h2-10,20,29H,11-13H2,1H3,(H,26,30). The monoisotopic (exact) mass is 452 g/mol. The number of methoxy groups -OCH3 is 1. The molecule has 1 unspecified atom stereocenters. The van der Waals surface area contributed by atoms with Crippen LogP contribution in [-0.4, -0.2) is 52.1 Å². The van der Waals surface area contributed by atoms with Gasteiger partial charge in [0.1, 0.15) is 12.3 Å². The highest BCUT2D eigenvalue weighted by Gasteiger charge is 2.29. The number of carbonyl (C=O) groups is 2. The van der Waals surface area contributed by atoms with Crippen molar-refractivity contribution in [2.24, 2.45) is 0 Å². The Balaban J connectivity index is 1.45. The second-order valence-corrected chi connectivity index (χ2v) is 7.66. The fraction of sp³-hybridized carbons (Fsp3) is 0.217. The van der Waals surface area contributed by atoms with Gasteiger partial charge in [-0.1, -0.05) is 24.3 Å². The van der Waals surface area contributed by atoms with Gasteiger partial charge in [0, 0.05) is 23.9 Å². The molecule has 3 aromatic rings. The number of fused-ring (bicyclic) bond motifs is 1. The number of aliphatic hydroxyl groups is 1. The Hall–Kier alpha value is -3.49. The van der Waals surface area contributed by atoms with Crippen LogP contribution in [0.3, 0.4) is 0 Å². The molecule has 2 heterocycles. The minimum Gasteiger partial charge on any atom is -0.497 e. The summed E-state index contributed by atoms with van der Waals surface area (Å²) in [6.45, 7) is -0.0735. The molecule has 0 bridgehead atoms. The predicted octanol–water partition coefficient (Wildman–Crippen LogP) is 2.61. The van der Waals surface area contributed by atoms with E-state index in [4.69, 9.17) is 16.3 Å². The predicted molar refractivity (Wildman–Crippen MR) is 118 cm³/mol. The third-order valence-corrected chi connectivity index (χ3v) is 5.44. The van der Waals surface area contributed by atoms with Gasteiger partial charge < -0.3 is 20.1 Å². The molecular weight excluding hydrogens is 432 g/mol. The van der Waals surface area contributed by atoms with E-state index in [9.17, 15) is 14.7 Å². The first-order valence-electron chi connectivity index (χ1n) is 9.94. The molecule has 32 heavy (non-hydrogen) atoms. The summed E-state index contributed by atoms with van der Waals surface area (Å²) in [5.74, 6) is 0.0241. The highest BCUT2D eigenvalue weighted by atomic mass is 35.5. The molecule has 2 aromatic carbocycles. The number of rotatable bonds is 7. The van der Waals surface area contributed by atoms with E-state index in [2.05, 4.69) is 15.3 Å². The van der Waals surface area contributed by atoms with Gasteiger partial charge in [-0.25, -0.2) is 9.97 Å². The van der Waals surface area contributed by atoms with Gasteiger partial charge in [-0.15, -0.1) is 0 Å². The zero-order chi connectivity index (χ0) is 22.7. The Kier molecular flexibility index (Phi) is 6.34. The van der Waals surface area contributed by atoms with Crippen LogP contribution in [0, 0.1) is 0 Å². The first kappa shape index (κ1) is 21.7. The maximum Gasteiger partial charge on any atom is 0.254 e. The van der Waals surface area contributed by atoms with Crippen molar-refractivity contribution in [3.05, 3.63) is 76.7 Å². The Morgan fingerprint density at radius 2 is 2.12 bits per heavy atom. The van der Waals surface area contributed by atoms with Gasteiger partial charge in [-0.3, -0.25) is 9.59 Å². The molecule has 164 valence electrons. The summed E-state index contributed by atoms with van der Waals surface area (Å²) in [5, 5.41) is 12.7. The molecule has 1 atom stereocenters. The van der Waals surface area contributed by atoms with E-state index in [0.717, 1.165) is 11.1 Å². The molecule has 9 heteroatoms. The fourth-order valence-electron chi connectivity index (χ4n) is 3.65. The van der Waals surface area contributed by atoms with Crippen LogP contribution in [0.25, 0.3) is 11.3 Å². The number of halogens is 1. The van der Waals surface area contributed by atoms with Crippen LogP contribution < -0.4 is 10.1 Å². The molecule has 0 radical (unpaired) electrons. The molecular formula is C23H21ClN4O4. The largest absolute Gasteiger partial charge is 0.497 e. The Bertz CT molecular complexity index is 1170. The molecule has 0 spiro atoms. The lowest BCUT2D eigenvalue weighted by atomic mass is 10.0. The highest BCUT2D eigenvalue weighted by Crippen LogP contribution is 2.28. The Morgan fingerprint density at radius 3 is 2.88 bits per heavy atom. The molecule has 2 amide bonds. The van der Waals surface area contributed by atoms with E-state index in [1.54, 1.807) is 49.7 Å². The minimum atomic E-state index is -0.605. The SMILES string of the molecule is COc1cccc(C(CO)NC(=O)CN2Cc3ccc(-c4ccnc(Cl)n4)cc3C2=O)c1. The lowest BCUT2D eigenvalue weighted by Gasteiger charge is -2.20. The van der Waals surface area contributed by atoms with Crippen LogP contribution in [0.2, 0.25) is 5.28 Å². The fourth-order valence-corrected chi connectivity index (χ4v) is 3.80. The van der Waals surface area contributed by atoms with Gasteiger partial charge in [0.25, 0.3) is 5.91 Å². The average molecular weight is 453 g/mol. The van der Waals surface area contributed by atoms with E-state index in [1.165, 1.54) is 4.90 Å². The summed E-state index contributed by atoms with van der Waals surface area (Å²) in [6, 6.07) is 13.7. The van der Waals surface area contributed by atoms with Gasteiger partial charge in [0.2, 0.25) is 11.2 Å². The summed E-state index contributed by atoms with van der Waals surface area (Å²) in [5.41, 5.74) is 3.42. The van der Waals surface area contributed by atoms with Crippen molar-refractivity contribution in [3.63, 3.8) is 0 Å². The lowest BCUT2D eigenvalue weighted by Crippen LogP contribution is -2.40. The number of aromatic nitrogens is 2. The molecule has 1 aliphatic rings. The van der Waals surface area contributed by atoms with Gasteiger partial charge in [-0.2, -0.15) is 0 Å². The molecule has 4 rings (SSSR count). The van der Waals surface area contributed by atoms with E-state index in [0.29, 0.717) is 29.1 Å². The van der Waals surface area contributed by atoms with Gasteiger partial charge >= 0.3 is 0 Å². The van der Waals surface area contributed by atoms with Crippen LogP contribution >= 0.6 is 11.6 Å². The second-order valence-electron chi connectivity index (χ2n) is 7.32. The number of nitrogens with zero attached hydrogens (tertiary/aromatic N) is 3. The molecule has 8 nitrogen and oxygen atoms in total. The van der Waals surface area contributed by atoms with E-state index in [1.807, 2.05) is 12.1 Å². The molecule has 0 saturated heterocycles. The van der Waals surface area contributed by atoms with Crippen molar-refractivity contribution in [2.45, 2.75) is 12.6 Å². The molecule has 1 aliphatic heterocycles. The summed E-state index contributed by atoms with van der Waals surface area (Å²) in [6.07, 6.45) is 1.55.